The van der Waals surface area contributed by atoms with Crippen LogP contribution in [0.25, 0.3) is 0 Å². The summed E-state index contributed by atoms with van der Waals surface area (Å²) >= 11 is 0. The van der Waals surface area contributed by atoms with E-state index in [0.29, 0.717) is 5.56 Å². The number of unbranched alkanes of at least 4 members (excludes halogenated alkanes) is 1. The molecule has 188 valence electrons. The smallest absolute Gasteiger partial charge is 0.259 e. The predicted molar refractivity (Wildman–Crippen MR) is 133 cm³/mol. The number of fused-ring (bicyclic) bond motifs is 1. The Hall–Kier alpha value is -2.93. The van der Waals surface area contributed by atoms with Gasteiger partial charge in [0.1, 0.15) is 11.7 Å². The lowest BCUT2D eigenvalue weighted by Crippen LogP contribution is -2.50. The van der Waals surface area contributed by atoms with Gasteiger partial charge in [0, 0.05) is 37.7 Å². The molecule has 0 saturated heterocycles. The van der Waals surface area contributed by atoms with Crippen molar-refractivity contribution in [2.24, 2.45) is 5.92 Å². The maximum absolute atomic E-state index is 13.4. The second-order valence-electron chi connectivity index (χ2n) is 8.85. The van der Waals surface area contributed by atoms with E-state index in [1.807, 2.05) is 13.8 Å². The number of nitrogens with zero attached hydrogens (tertiary/aromatic N) is 3. The number of sulfonamides is 1. The molecule has 9 heteroatoms. The number of rotatable bonds is 7. The van der Waals surface area contributed by atoms with Gasteiger partial charge < -0.3 is 14.7 Å². The number of benzene rings is 1. The lowest BCUT2D eigenvalue weighted by molar-refractivity contribution is 0.0373. The van der Waals surface area contributed by atoms with E-state index in [4.69, 9.17) is 4.74 Å². The molecule has 0 aliphatic carbocycles. The first-order chi connectivity index (χ1) is 16.7. The molecular weight excluding hydrogens is 466 g/mol. The van der Waals surface area contributed by atoms with Gasteiger partial charge in [-0.15, -0.1) is 0 Å². The Morgan fingerprint density at radius 2 is 2.03 bits per heavy atom. The molecule has 0 saturated carbocycles. The van der Waals surface area contributed by atoms with Gasteiger partial charge in [-0.1, -0.05) is 43.9 Å². The van der Waals surface area contributed by atoms with E-state index in [2.05, 4.69) is 16.8 Å². The first kappa shape index (κ1) is 26.7. The second-order valence-corrected chi connectivity index (χ2v) is 10.9. The van der Waals surface area contributed by atoms with Gasteiger partial charge in [-0.25, -0.2) is 13.4 Å². The SMILES string of the molecule is CCCC#Cc1cnc2c(c1)C(=O)N([C@H](C)CO)C[C@H](C)[C@H](CN(C)S(=O)(=O)c1ccccc1)O2. The zero-order chi connectivity index (χ0) is 25.6. The number of amides is 1. The van der Waals surface area contributed by atoms with Crippen LogP contribution in [0.5, 0.6) is 5.88 Å². The maximum Gasteiger partial charge on any atom is 0.259 e. The van der Waals surface area contributed by atoms with Crippen LogP contribution in [0.1, 0.15) is 49.5 Å². The number of carbonyl (C=O) groups is 1. The Bertz CT molecular complexity index is 1190. The fourth-order valence-electron chi connectivity index (χ4n) is 3.80. The number of pyridine rings is 1. The molecule has 0 radical (unpaired) electrons. The normalized spacial score (nSPS) is 19.1. The van der Waals surface area contributed by atoms with Crippen molar-refractivity contribution in [1.29, 1.82) is 0 Å². The largest absolute Gasteiger partial charge is 0.472 e. The topological polar surface area (TPSA) is 100 Å². The van der Waals surface area contributed by atoms with E-state index in [9.17, 15) is 18.3 Å². The van der Waals surface area contributed by atoms with E-state index in [1.54, 1.807) is 54.4 Å². The van der Waals surface area contributed by atoms with E-state index in [1.165, 1.54) is 11.4 Å². The second kappa shape index (κ2) is 11.7. The molecule has 3 atom stereocenters. The standard InChI is InChI=1S/C26H33N3O5S/c1-5-6-8-11-21-14-23-25(27-15-21)34-24(19(2)16-29(26(23)31)20(3)18-30)17-28(4)35(32,33)22-12-9-7-10-13-22/h7,9-10,12-15,19-20,24,30H,5-6,16-18H2,1-4H3/t19-,20+,24-/m0/s1. The summed E-state index contributed by atoms with van der Waals surface area (Å²) in [4.78, 5) is 19.6. The molecule has 1 aliphatic rings. The van der Waals surface area contributed by atoms with Crippen LogP contribution in [0.2, 0.25) is 0 Å². The molecule has 1 aliphatic heterocycles. The number of hydrogen-bond acceptors (Lipinski definition) is 6. The number of aromatic nitrogens is 1. The number of ether oxygens (including phenoxy) is 1. The number of aliphatic hydroxyl groups excluding tert-OH is 1. The van der Waals surface area contributed by atoms with Crippen molar-refractivity contribution in [2.45, 2.75) is 50.7 Å². The van der Waals surface area contributed by atoms with E-state index < -0.39 is 22.2 Å². The first-order valence-electron chi connectivity index (χ1n) is 11.8. The molecule has 0 bridgehead atoms. The van der Waals surface area contributed by atoms with Gasteiger partial charge in [0.2, 0.25) is 15.9 Å². The van der Waals surface area contributed by atoms with Crippen LogP contribution < -0.4 is 4.74 Å². The third-order valence-electron chi connectivity index (χ3n) is 6.02. The van der Waals surface area contributed by atoms with E-state index in [-0.39, 0.29) is 47.9 Å². The Morgan fingerprint density at radius 3 is 2.69 bits per heavy atom. The third-order valence-corrected chi connectivity index (χ3v) is 7.85. The summed E-state index contributed by atoms with van der Waals surface area (Å²) in [7, 11) is -2.22. The van der Waals surface area contributed by atoms with Gasteiger partial charge in [-0.2, -0.15) is 4.31 Å². The Labute approximate surface area is 208 Å². The molecule has 1 amide bonds. The lowest BCUT2D eigenvalue weighted by Gasteiger charge is -2.37. The van der Waals surface area contributed by atoms with Gasteiger partial charge in [-0.3, -0.25) is 4.79 Å². The fraction of sp³-hybridized carbons (Fsp3) is 0.462. The highest BCUT2D eigenvalue weighted by Crippen LogP contribution is 2.28. The van der Waals surface area contributed by atoms with Crippen molar-refractivity contribution in [3.05, 3.63) is 53.7 Å². The van der Waals surface area contributed by atoms with Crippen molar-refractivity contribution in [3.8, 4) is 17.7 Å². The minimum atomic E-state index is -3.73. The van der Waals surface area contributed by atoms with E-state index in [0.717, 1.165) is 12.8 Å². The highest BCUT2D eigenvalue weighted by atomic mass is 32.2. The summed E-state index contributed by atoms with van der Waals surface area (Å²) in [5.74, 6) is 5.67. The molecule has 8 nitrogen and oxygen atoms in total. The minimum absolute atomic E-state index is 0.0626. The summed E-state index contributed by atoms with van der Waals surface area (Å²) in [5, 5.41) is 9.79. The molecule has 0 spiro atoms. The highest BCUT2D eigenvalue weighted by Gasteiger charge is 2.35. The summed E-state index contributed by atoms with van der Waals surface area (Å²) in [6, 6.07) is 9.44. The van der Waals surface area contributed by atoms with Gasteiger partial charge in [-0.05, 0) is 31.5 Å². The van der Waals surface area contributed by atoms with Gasteiger partial charge in [0.15, 0.2) is 0 Å². The zero-order valence-electron chi connectivity index (χ0n) is 20.6. The molecule has 1 aromatic heterocycles. The summed E-state index contributed by atoms with van der Waals surface area (Å²) in [6.07, 6.45) is 2.64. The first-order valence-corrected chi connectivity index (χ1v) is 13.2. The molecule has 0 fully saturated rings. The number of carbonyl (C=O) groups excluding carboxylic acids is 1. The quantitative estimate of drug-likeness (QED) is 0.588. The fourth-order valence-corrected chi connectivity index (χ4v) is 5.01. The third kappa shape index (κ3) is 6.20. The summed E-state index contributed by atoms with van der Waals surface area (Å²) < 4.78 is 33.6. The molecule has 1 N–H and O–H groups in total. The molecule has 3 rings (SSSR count). The summed E-state index contributed by atoms with van der Waals surface area (Å²) in [6.45, 7) is 5.85. The molecule has 0 unspecified atom stereocenters. The van der Waals surface area contributed by atoms with E-state index >= 15 is 0 Å². The lowest BCUT2D eigenvalue weighted by atomic mass is 10.0. The monoisotopic (exact) mass is 499 g/mol. The maximum atomic E-state index is 13.4. The van der Waals surface area contributed by atoms with Gasteiger partial charge in [0.25, 0.3) is 5.91 Å². The number of likely N-dealkylation sites (N-methyl/N-ethyl adjacent to an activating group) is 1. The van der Waals surface area contributed by atoms with Gasteiger partial charge >= 0.3 is 0 Å². The van der Waals surface area contributed by atoms with Crippen molar-refractivity contribution in [2.75, 3.05) is 26.7 Å². The van der Waals surface area contributed by atoms with Crippen LogP contribution in [-0.2, 0) is 10.0 Å². The Balaban J connectivity index is 1.97. The molecule has 2 aromatic rings. The van der Waals surface area contributed by atoms with Crippen LogP contribution in [0.15, 0.2) is 47.5 Å². The highest BCUT2D eigenvalue weighted by molar-refractivity contribution is 7.89. The number of hydrogen-bond donors (Lipinski definition) is 1. The minimum Gasteiger partial charge on any atom is -0.472 e. The Morgan fingerprint density at radius 1 is 1.31 bits per heavy atom. The molecule has 35 heavy (non-hydrogen) atoms. The van der Waals surface area contributed by atoms with Crippen LogP contribution in [0.3, 0.4) is 0 Å². The van der Waals surface area contributed by atoms with Crippen molar-refractivity contribution in [1.82, 2.24) is 14.2 Å². The average molecular weight is 500 g/mol. The van der Waals surface area contributed by atoms with Crippen molar-refractivity contribution >= 4 is 15.9 Å². The zero-order valence-corrected chi connectivity index (χ0v) is 21.5. The van der Waals surface area contributed by atoms with Crippen molar-refractivity contribution < 1.29 is 23.1 Å². The van der Waals surface area contributed by atoms with Crippen LogP contribution in [-0.4, -0.2) is 72.5 Å². The van der Waals surface area contributed by atoms with Crippen LogP contribution in [0.4, 0.5) is 0 Å². The van der Waals surface area contributed by atoms with Gasteiger partial charge in [0.05, 0.1) is 24.1 Å². The van der Waals surface area contributed by atoms with Crippen LogP contribution in [0, 0.1) is 17.8 Å². The van der Waals surface area contributed by atoms with Crippen molar-refractivity contribution in [3.63, 3.8) is 0 Å². The average Bonchev–Trinajstić information content (AvgIpc) is 2.86. The number of aliphatic hydroxyl groups is 1. The molecule has 1 aromatic carbocycles. The summed E-state index contributed by atoms with van der Waals surface area (Å²) in [5.41, 5.74) is 0.846. The van der Waals surface area contributed by atoms with Crippen LogP contribution >= 0.6 is 0 Å². The predicted octanol–water partition coefficient (Wildman–Crippen LogP) is 2.77. The molecular formula is C26H33N3O5S. The molecule has 2 heterocycles. The Kier molecular flexibility index (Phi) is 8.89.